The first-order valence-corrected chi connectivity index (χ1v) is 6.00. The molecule has 1 rings (SSSR count). The Morgan fingerprint density at radius 1 is 1.30 bits per heavy atom. The predicted molar refractivity (Wildman–Crippen MR) is 75.2 cm³/mol. The zero-order valence-corrected chi connectivity index (χ0v) is 12.4. The lowest BCUT2D eigenvalue weighted by molar-refractivity contribution is -0.127. The molecule has 0 aliphatic heterocycles. The van der Waals surface area contributed by atoms with Gasteiger partial charge in [0.25, 0.3) is 5.91 Å². The van der Waals surface area contributed by atoms with Gasteiger partial charge in [-0.1, -0.05) is 0 Å². The topological polar surface area (TPSA) is 50.4 Å². The maximum Gasteiger partial charge on any atom is 0.260 e. The van der Waals surface area contributed by atoms with Crippen LogP contribution >= 0.6 is 12.4 Å². The second-order valence-electron chi connectivity index (χ2n) is 4.27. The summed E-state index contributed by atoms with van der Waals surface area (Å²) in [4.78, 5) is 11.7. The predicted octanol–water partition coefficient (Wildman–Crippen LogP) is 1.88. The van der Waals surface area contributed by atoms with Crippen LogP contribution in [0.2, 0.25) is 0 Å². The van der Waals surface area contributed by atoms with Crippen LogP contribution in [0.5, 0.6) is 5.75 Å². The molecule has 0 fully saturated rings. The Morgan fingerprint density at radius 2 is 1.95 bits per heavy atom. The summed E-state index contributed by atoms with van der Waals surface area (Å²) in [5, 5.41) is 5.66. The van der Waals surface area contributed by atoms with Crippen molar-refractivity contribution in [3.8, 4) is 5.75 Å². The molecular weight excluding hydrogens is 290 g/mol. The van der Waals surface area contributed by atoms with E-state index in [-0.39, 0.29) is 30.1 Å². The summed E-state index contributed by atoms with van der Waals surface area (Å²) in [6, 6.07) is 3.28. The summed E-state index contributed by atoms with van der Waals surface area (Å²) >= 11 is 0. The highest BCUT2D eigenvalue weighted by Crippen LogP contribution is 2.16. The fourth-order valence-corrected chi connectivity index (χ4v) is 1.31. The maximum atomic E-state index is 13.0. The first kappa shape index (κ1) is 18.6. The number of likely N-dealkylation sites (N-methyl/N-ethyl adjacent to an activating group) is 1. The van der Waals surface area contributed by atoms with Gasteiger partial charge in [-0.3, -0.25) is 4.79 Å². The van der Waals surface area contributed by atoms with Crippen LogP contribution in [0, 0.1) is 11.6 Å². The molecule has 20 heavy (non-hydrogen) atoms. The number of benzene rings is 1. The standard InChI is InChI=1S/C13H18F2N2O2.ClH/c1-8(16-3)7-17-13(18)9(2)19-10-4-5-11(14)12(15)6-10;/h4-6,8-9,16H,7H2,1-3H3,(H,17,18);1H. The van der Waals surface area contributed by atoms with Crippen molar-refractivity contribution < 1.29 is 18.3 Å². The van der Waals surface area contributed by atoms with Gasteiger partial charge in [-0.05, 0) is 33.0 Å². The molecule has 0 heterocycles. The first-order chi connectivity index (χ1) is 8.93. The van der Waals surface area contributed by atoms with E-state index in [4.69, 9.17) is 4.74 Å². The van der Waals surface area contributed by atoms with E-state index in [1.807, 2.05) is 6.92 Å². The van der Waals surface area contributed by atoms with Crippen LogP contribution in [-0.2, 0) is 4.79 Å². The highest BCUT2D eigenvalue weighted by molar-refractivity contribution is 5.85. The largest absolute Gasteiger partial charge is 0.481 e. The summed E-state index contributed by atoms with van der Waals surface area (Å²) in [7, 11) is 1.79. The monoisotopic (exact) mass is 308 g/mol. The Balaban J connectivity index is 0.00000361. The van der Waals surface area contributed by atoms with Gasteiger partial charge in [0, 0.05) is 18.7 Å². The van der Waals surface area contributed by atoms with Crippen molar-refractivity contribution in [3.05, 3.63) is 29.8 Å². The van der Waals surface area contributed by atoms with E-state index in [1.165, 1.54) is 6.07 Å². The Kier molecular flexibility index (Phi) is 8.10. The molecule has 1 amide bonds. The van der Waals surface area contributed by atoms with E-state index in [9.17, 15) is 13.6 Å². The van der Waals surface area contributed by atoms with Crippen molar-refractivity contribution in [2.24, 2.45) is 0 Å². The maximum absolute atomic E-state index is 13.0. The van der Waals surface area contributed by atoms with Gasteiger partial charge in [-0.2, -0.15) is 0 Å². The molecule has 2 unspecified atom stereocenters. The number of hydrogen-bond acceptors (Lipinski definition) is 3. The number of amides is 1. The third kappa shape index (κ3) is 5.71. The number of halogens is 3. The molecule has 2 atom stereocenters. The zero-order valence-electron chi connectivity index (χ0n) is 11.6. The Labute approximate surface area is 123 Å². The van der Waals surface area contributed by atoms with E-state index in [1.54, 1.807) is 14.0 Å². The molecule has 4 nitrogen and oxygen atoms in total. The first-order valence-electron chi connectivity index (χ1n) is 6.00. The number of carbonyl (C=O) groups excluding carboxylic acids is 1. The molecular formula is C13H19ClF2N2O2. The van der Waals surface area contributed by atoms with Crippen molar-refractivity contribution in [1.82, 2.24) is 10.6 Å². The summed E-state index contributed by atoms with van der Waals surface area (Å²) in [6.07, 6.45) is -0.783. The van der Waals surface area contributed by atoms with Crippen LogP contribution in [0.4, 0.5) is 8.78 Å². The van der Waals surface area contributed by atoms with Gasteiger partial charge >= 0.3 is 0 Å². The molecule has 0 aliphatic carbocycles. The van der Waals surface area contributed by atoms with Gasteiger partial charge in [0.05, 0.1) is 0 Å². The zero-order chi connectivity index (χ0) is 14.4. The average molecular weight is 309 g/mol. The molecule has 0 saturated heterocycles. The van der Waals surface area contributed by atoms with Gasteiger partial charge in [-0.15, -0.1) is 12.4 Å². The van der Waals surface area contributed by atoms with Gasteiger partial charge in [0.1, 0.15) is 5.75 Å². The Hall–Kier alpha value is -1.40. The van der Waals surface area contributed by atoms with E-state index < -0.39 is 17.7 Å². The van der Waals surface area contributed by atoms with Crippen molar-refractivity contribution in [2.45, 2.75) is 26.0 Å². The van der Waals surface area contributed by atoms with Crippen molar-refractivity contribution in [1.29, 1.82) is 0 Å². The lowest BCUT2D eigenvalue weighted by atomic mass is 10.3. The third-order valence-corrected chi connectivity index (χ3v) is 2.65. The molecule has 0 bridgehead atoms. The van der Waals surface area contributed by atoms with Gasteiger partial charge in [-0.25, -0.2) is 8.78 Å². The van der Waals surface area contributed by atoms with E-state index in [0.29, 0.717) is 6.54 Å². The second-order valence-corrected chi connectivity index (χ2v) is 4.27. The summed E-state index contributed by atoms with van der Waals surface area (Å²) < 4.78 is 30.9. The molecule has 0 aromatic heterocycles. The van der Waals surface area contributed by atoms with E-state index >= 15 is 0 Å². The van der Waals surface area contributed by atoms with Crippen LogP contribution in [-0.4, -0.2) is 31.6 Å². The Bertz CT molecular complexity index is 446. The molecule has 0 spiro atoms. The number of carbonyl (C=O) groups is 1. The molecule has 114 valence electrons. The minimum Gasteiger partial charge on any atom is -0.481 e. The van der Waals surface area contributed by atoms with Crippen LogP contribution in [0.3, 0.4) is 0 Å². The summed E-state index contributed by atoms with van der Waals surface area (Å²) in [5.41, 5.74) is 0. The second kappa shape index (κ2) is 8.71. The SMILES string of the molecule is CNC(C)CNC(=O)C(C)Oc1ccc(F)c(F)c1.Cl. The van der Waals surface area contributed by atoms with Crippen molar-refractivity contribution in [2.75, 3.05) is 13.6 Å². The average Bonchev–Trinajstić information content (AvgIpc) is 2.39. The molecule has 0 radical (unpaired) electrons. The molecule has 1 aromatic rings. The molecule has 0 saturated carbocycles. The Morgan fingerprint density at radius 3 is 2.50 bits per heavy atom. The third-order valence-electron chi connectivity index (χ3n) is 2.65. The minimum absolute atomic E-state index is 0. The number of hydrogen-bond donors (Lipinski definition) is 2. The van der Waals surface area contributed by atoms with Crippen molar-refractivity contribution in [3.63, 3.8) is 0 Å². The molecule has 7 heteroatoms. The van der Waals surface area contributed by atoms with Gasteiger partial charge in [0.2, 0.25) is 0 Å². The molecule has 1 aromatic carbocycles. The van der Waals surface area contributed by atoms with Crippen LogP contribution in [0.25, 0.3) is 0 Å². The van der Waals surface area contributed by atoms with Gasteiger partial charge < -0.3 is 15.4 Å². The molecule has 2 N–H and O–H groups in total. The smallest absolute Gasteiger partial charge is 0.260 e. The fraction of sp³-hybridized carbons (Fsp3) is 0.462. The van der Waals surface area contributed by atoms with Crippen LogP contribution in [0.15, 0.2) is 18.2 Å². The van der Waals surface area contributed by atoms with E-state index in [2.05, 4.69) is 10.6 Å². The van der Waals surface area contributed by atoms with Crippen LogP contribution < -0.4 is 15.4 Å². The fourth-order valence-electron chi connectivity index (χ4n) is 1.31. The molecule has 0 aliphatic rings. The highest BCUT2D eigenvalue weighted by atomic mass is 35.5. The quantitative estimate of drug-likeness (QED) is 0.843. The lowest BCUT2D eigenvalue weighted by Gasteiger charge is -2.16. The summed E-state index contributed by atoms with van der Waals surface area (Å²) in [6.45, 7) is 3.92. The number of ether oxygens (including phenoxy) is 1. The highest BCUT2D eigenvalue weighted by Gasteiger charge is 2.15. The van der Waals surface area contributed by atoms with E-state index in [0.717, 1.165) is 12.1 Å². The minimum atomic E-state index is -1.01. The number of rotatable bonds is 6. The van der Waals surface area contributed by atoms with Gasteiger partial charge in [0.15, 0.2) is 17.7 Å². The summed E-state index contributed by atoms with van der Waals surface area (Å²) in [5.74, 6) is -2.16. The lowest BCUT2D eigenvalue weighted by Crippen LogP contribution is -2.42. The van der Waals surface area contributed by atoms with Crippen molar-refractivity contribution >= 4 is 18.3 Å². The normalized spacial score (nSPS) is 13.1. The number of nitrogens with one attached hydrogen (secondary N) is 2. The van der Waals surface area contributed by atoms with Crippen LogP contribution in [0.1, 0.15) is 13.8 Å².